The second kappa shape index (κ2) is 15.9. The van der Waals surface area contributed by atoms with Crippen LogP contribution in [0.25, 0.3) is 0 Å². The minimum atomic E-state index is 0.151. The van der Waals surface area contributed by atoms with E-state index in [1.54, 1.807) is 0 Å². The third-order valence-corrected chi connectivity index (χ3v) is 3.24. The number of aliphatic hydroxyl groups is 2. The van der Waals surface area contributed by atoms with Gasteiger partial charge in [0.05, 0.1) is 13.2 Å². The first-order chi connectivity index (χ1) is 9.35. The molecule has 0 rings (SSSR count). The third-order valence-electron chi connectivity index (χ3n) is 3.24. The van der Waals surface area contributed by atoms with Crippen molar-refractivity contribution in [1.82, 2.24) is 4.90 Å². The standard InChI is InChI=1S/C15H33NO3/c1-2-3-4-5-6-7-14-19-15-8-9-16(10-12-17)11-13-18/h17-18H,2-15H2,1H3. The molecule has 0 bridgehead atoms. The minimum Gasteiger partial charge on any atom is -0.395 e. The highest BCUT2D eigenvalue weighted by atomic mass is 16.5. The minimum absolute atomic E-state index is 0.151. The van der Waals surface area contributed by atoms with Crippen molar-refractivity contribution < 1.29 is 14.9 Å². The van der Waals surface area contributed by atoms with E-state index in [1.165, 1.54) is 38.5 Å². The molecule has 0 aromatic carbocycles. The first-order valence-corrected chi connectivity index (χ1v) is 7.87. The highest BCUT2D eigenvalue weighted by molar-refractivity contribution is 4.56. The lowest BCUT2D eigenvalue weighted by Crippen LogP contribution is -2.31. The zero-order valence-electron chi connectivity index (χ0n) is 12.6. The van der Waals surface area contributed by atoms with Gasteiger partial charge in [0.1, 0.15) is 0 Å². The lowest BCUT2D eigenvalue weighted by Gasteiger charge is -2.19. The fourth-order valence-electron chi connectivity index (χ4n) is 2.09. The Morgan fingerprint density at radius 2 is 1.32 bits per heavy atom. The molecule has 0 atom stereocenters. The molecule has 0 saturated heterocycles. The van der Waals surface area contributed by atoms with E-state index in [0.717, 1.165) is 26.2 Å². The van der Waals surface area contributed by atoms with Crippen molar-refractivity contribution >= 4 is 0 Å². The summed E-state index contributed by atoms with van der Waals surface area (Å²) in [5, 5.41) is 17.7. The molecule has 0 aliphatic rings. The number of hydrogen-bond acceptors (Lipinski definition) is 4. The summed E-state index contributed by atoms with van der Waals surface area (Å²) >= 11 is 0. The van der Waals surface area contributed by atoms with Crippen LogP contribution in [-0.2, 0) is 4.74 Å². The summed E-state index contributed by atoms with van der Waals surface area (Å²) in [6.07, 6.45) is 8.75. The normalized spacial score (nSPS) is 11.4. The Labute approximate surface area is 118 Å². The van der Waals surface area contributed by atoms with Gasteiger partial charge in [0.15, 0.2) is 0 Å². The van der Waals surface area contributed by atoms with Gasteiger partial charge in [-0.25, -0.2) is 0 Å². The van der Waals surface area contributed by atoms with Crippen LogP contribution in [-0.4, -0.2) is 61.2 Å². The van der Waals surface area contributed by atoms with E-state index in [4.69, 9.17) is 14.9 Å². The topological polar surface area (TPSA) is 52.9 Å². The average Bonchev–Trinajstić information content (AvgIpc) is 2.41. The van der Waals surface area contributed by atoms with Crippen LogP contribution in [0.5, 0.6) is 0 Å². The quantitative estimate of drug-likeness (QED) is 0.449. The van der Waals surface area contributed by atoms with Gasteiger partial charge in [0, 0.05) is 32.8 Å². The van der Waals surface area contributed by atoms with Crippen LogP contribution in [0.3, 0.4) is 0 Å². The first-order valence-electron chi connectivity index (χ1n) is 7.87. The summed E-state index contributed by atoms with van der Waals surface area (Å²) in [6.45, 7) is 6.35. The molecular formula is C15H33NO3. The zero-order valence-corrected chi connectivity index (χ0v) is 12.6. The Balaban J connectivity index is 3.20. The van der Waals surface area contributed by atoms with Gasteiger partial charge in [0.25, 0.3) is 0 Å². The van der Waals surface area contributed by atoms with Gasteiger partial charge in [-0.2, -0.15) is 0 Å². The first kappa shape index (κ1) is 18.8. The molecule has 0 aromatic rings. The molecule has 4 heteroatoms. The lowest BCUT2D eigenvalue weighted by molar-refractivity contribution is 0.107. The smallest absolute Gasteiger partial charge is 0.0558 e. The molecule has 0 saturated carbocycles. The highest BCUT2D eigenvalue weighted by Gasteiger charge is 2.02. The predicted molar refractivity (Wildman–Crippen MR) is 79.4 cm³/mol. The van der Waals surface area contributed by atoms with Crippen LogP contribution >= 0.6 is 0 Å². The molecule has 0 aliphatic carbocycles. The van der Waals surface area contributed by atoms with Gasteiger partial charge < -0.3 is 14.9 Å². The van der Waals surface area contributed by atoms with Gasteiger partial charge in [-0.15, -0.1) is 0 Å². The Kier molecular flexibility index (Phi) is 15.8. The number of aliphatic hydroxyl groups excluding tert-OH is 2. The monoisotopic (exact) mass is 275 g/mol. The van der Waals surface area contributed by atoms with E-state index in [2.05, 4.69) is 11.8 Å². The van der Waals surface area contributed by atoms with Crippen LogP contribution in [0, 0.1) is 0 Å². The summed E-state index contributed by atoms with van der Waals surface area (Å²) in [4.78, 5) is 2.06. The Morgan fingerprint density at radius 1 is 0.737 bits per heavy atom. The number of ether oxygens (including phenoxy) is 1. The Bertz CT molecular complexity index is 161. The Hall–Kier alpha value is -0.160. The van der Waals surface area contributed by atoms with Crippen LogP contribution in [0.15, 0.2) is 0 Å². The molecule has 0 fully saturated rings. The Morgan fingerprint density at radius 3 is 1.95 bits per heavy atom. The van der Waals surface area contributed by atoms with Crippen LogP contribution in [0.1, 0.15) is 51.9 Å². The van der Waals surface area contributed by atoms with Gasteiger partial charge in [-0.3, -0.25) is 4.90 Å². The maximum absolute atomic E-state index is 8.87. The van der Waals surface area contributed by atoms with E-state index in [9.17, 15) is 0 Å². The van der Waals surface area contributed by atoms with Gasteiger partial charge in [0.2, 0.25) is 0 Å². The molecule has 0 amide bonds. The molecule has 0 aromatic heterocycles. The van der Waals surface area contributed by atoms with Crippen molar-refractivity contribution in [3.8, 4) is 0 Å². The van der Waals surface area contributed by atoms with Gasteiger partial charge >= 0.3 is 0 Å². The summed E-state index contributed by atoms with van der Waals surface area (Å²) < 4.78 is 5.60. The van der Waals surface area contributed by atoms with Crippen molar-refractivity contribution in [3.63, 3.8) is 0 Å². The number of hydrogen-bond donors (Lipinski definition) is 2. The van der Waals surface area contributed by atoms with Crippen molar-refractivity contribution in [2.24, 2.45) is 0 Å². The van der Waals surface area contributed by atoms with Crippen molar-refractivity contribution in [3.05, 3.63) is 0 Å². The van der Waals surface area contributed by atoms with Crippen LogP contribution < -0.4 is 0 Å². The molecule has 19 heavy (non-hydrogen) atoms. The number of nitrogens with zero attached hydrogens (tertiary/aromatic N) is 1. The average molecular weight is 275 g/mol. The summed E-state index contributed by atoms with van der Waals surface area (Å²) in [6, 6.07) is 0. The molecular weight excluding hydrogens is 242 g/mol. The second-order valence-electron chi connectivity index (χ2n) is 5.02. The van der Waals surface area contributed by atoms with Crippen LogP contribution in [0.2, 0.25) is 0 Å². The largest absolute Gasteiger partial charge is 0.395 e. The molecule has 0 unspecified atom stereocenters. The number of rotatable bonds is 15. The molecule has 116 valence electrons. The summed E-state index contributed by atoms with van der Waals surface area (Å²) in [7, 11) is 0. The van der Waals surface area contributed by atoms with Crippen molar-refractivity contribution in [2.45, 2.75) is 51.9 Å². The number of unbranched alkanes of at least 4 members (excludes halogenated alkanes) is 5. The maximum Gasteiger partial charge on any atom is 0.0558 e. The molecule has 0 radical (unpaired) electrons. The summed E-state index contributed by atoms with van der Waals surface area (Å²) in [5.41, 5.74) is 0. The third kappa shape index (κ3) is 14.1. The fourth-order valence-corrected chi connectivity index (χ4v) is 2.09. The van der Waals surface area contributed by atoms with E-state index >= 15 is 0 Å². The molecule has 0 spiro atoms. The lowest BCUT2D eigenvalue weighted by atomic mass is 10.1. The second-order valence-corrected chi connectivity index (χ2v) is 5.02. The molecule has 4 nitrogen and oxygen atoms in total. The van der Waals surface area contributed by atoms with E-state index < -0.39 is 0 Å². The SMILES string of the molecule is CCCCCCCCOCCCN(CCO)CCO. The van der Waals surface area contributed by atoms with Crippen LogP contribution in [0.4, 0.5) is 0 Å². The fraction of sp³-hybridized carbons (Fsp3) is 1.00. The molecule has 2 N–H and O–H groups in total. The summed E-state index contributed by atoms with van der Waals surface area (Å²) in [5.74, 6) is 0. The van der Waals surface area contributed by atoms with Crippen molar-refractivity contribution in [2.75, 3.05) is 46.1 Å². The zero-order chi connectivity index (χ0) is 14.2. The van der Waals surface area contributed by atoms with Gasteiger partial charge in [-0.1, -0.05) is 39.0 Å². The predicted octanol–water partition coefficient (Wildman–Crippen LogP) is 2.04. The van der Waals surface area contributed by atoms with Crippen molar-refractivity contribution in [1.29, 1.82) is 0 Å². The van der Waals surface area contributed by atoms with Gasteiger partial charge in [-0.05, 0) is 12.8 Å². The van der Waals surface area contributed by atoms with E-state index in [1.807, 2.05) is 0 Å². The highest BCUT2D eigenvalue weighted by Crippen LogP contribution is 2.05. The molecule has 0 aliphatic heterocycles. The maximum atomic E-state index is 8.87. The van der Waals surface area contributed by atoms with E-state index in [0.29, 0.717) is 13.1 Å². The molecule has 0 heterocycles. The van der Waals surface area contributed by atoms with E-state index in [-0.39, 0.29) is 13.2 Å².